The number of rotatable bonds is 13. The van der Waals surface area contributed by atoms with Crippen LogP contribution in [0, 0.1) is 17.8 Å². The van der Waals surface area contributed by atoms with Crippen LogP contribution in [0.3, 0.4) is 0 Å². The van der Waals surface area contributed by atoms with Gasteiger partial charge in [0.1, 0.15) is 11.9 Å². The summed E-state index contributed by atoms with van der Waals surface area (Å²) in [6.45, 7) is 8.19. The normalized spacial score (nSPS) is 19.0. The molecular formula is C44H54N6O7. The van der Waals surface area contributed by atoms with Gasteiger partial charge in [0.25, 0.3) is 5.91 Å². The third-order valence-corrected chi connectivity index (χ3v) is 11.4. The van der Waals surface area contributed by atoms with E-state index in [4.69, 9.17) is 14.5 Å². The van der Waals surface area contributed by atoms with Crippen LogP contribution in [0.2, 0.25) is 0 Å². The fraction of sp³-hybridized carbons (Fsp3) is 0.455. The first-order valence-electron chi connectivity index (χ1n) is 19.9. The van der Waals surface area contributed by atoms with E-state index in [9.17, 15) is 24.0 Å². The Bertz CT molecular complexity index is 2110. The van der Waals surface area contributed by atoms with Crippen molar-refractivity contribution in [3.8, 4) is 22.4 Å². The zero-order valence-electron chi connectivity index (χ0n) is 33.6. The topological polar surface area (TPSA) is 172 Å². The van der Waals surface area contributed by atoms with Gasteiger partial charge >= 0.3 is 12.1 Å². The summed E-state index contributed by atoms with van der Waals surface area (Å²) < 4.78 is 9.56. The highest BCUT2D eigenvalue weighted by Gasteiger charge is 2.38. The quantitative estimate of drug-likeness (QED) is 0.111. The Kier molecular flexibility index (Phi) is 13.0. The number of esters is 1. The standard InChI is InChI=1S/C44H54N6O7/c1-25(2)33(23-38(51)56-5)42(53)48-35-13-8-12-34(35)47-41(52)32-11-7-10-27(22-32)28-15-16-30-21-31(18-17-29(30)20-28)36-24-45-40(46-36)37-14-9-19-50(37)43(54)39(26(3)4)49-44(55)57-6/h7,10-11,15-18,20-22,24-26,33-35,37,39H,8-9,12-14,19,23H2,1-6H3,(H,45,46)(H,47,52)(H,48,53)(H,49,55)/t33-,34-,35-,37-,39-/m0/s1. The van der Waals surface area contributed by atoms with Gasteiger partial charge in [0.2, 0.25) is 11.8 Å². The molecule has 57 heavy (non-hydrogen) atoms. The largest absolute Gasteiger partial charge is 0.469 e. The maximum absolute atomic E-state index is 13.6. The summed E-state index contributed by atoms with van der Waals surface area (Å²) >= 11 is 0. The Morgan fingerprint density at radius 3 is 2.18 bits per heavy atom. The molecular weight excluding hydrogens is 725 g/mol. The number of hydrogen-bond donors (Lipinski definition) is 4. The molecule has 0 radical (unpaired) electrons. The number of carbonyl (C=O) groups excluding carboxylic acids is 5. The number of imidazole rings is 1. The predicted molar refractivity (Wildman–Crippen MR) is 217 cm³/mol. The number of nitrogens with zero attached hydrogens (tertiary/aromatic N) is 2. The van der Waals surface area contributed by atoms with Crippen LogP contribution < -0.4 is 16.0 Å². The minimum absolute atomic E-state index is 0.0150. The van der Waals surface area contributed by atoms with E-state index in [0.717, 1.165) is 65.3 Å². The molecule has 1 aliphatic heterocycles. The van der Waals surface area contributed by atoms with Gasteiger partial charge in [-0.3, -0.25) is 19.2 Å². The number of ether oxygens (including phenoxy) is 2. The first kappa shape index (κ1) is 40.9. The van der Waals surface area contributed by atoms with Crippen molar-refractivity contribution >= 4 is 40.6 Å². The molecule has 4 N–H and O–H groups in total. The van der Waals surface area contributed by atoms with Crippen LogP contribution in [-0.2, 0) is 23.9 Å². The maximum atomic E-state index is 13.6. The van der Waals surface area contributed by atoms with Crippen LogP contribution in [0.25, 0.3) is 33.2 Å². The molecule has 2 aliphatic rings. The van der Waals surface area contributed by atoms with Gasteiger partial charge in [-0.05, 0) is 90.1 Å². The number of benzene rings is 3. The highest BCUT2D eigenvalue weighted by molar-refractivity contribution is 5.97. The van der Waals surface area contributed by atoms with Crippen molar-refractivity contribution in [2.24, 2.45) is 17.8 Å². The van der Waals surface area contributed by atoms with E-state index >= 15 is 0 Å². The number of hydrogen-bond acceptors (Lipinski definition) is 8. The van der Waals surface area contributed by atoms with Gasteiger partial charge in [-0.25, -0.2) is 9.78 Å². The fourth-order valence-electron chi connectivity index (χ4n) is 8.02. The monoisotopic (exact) mass is 778 g/mol. The minimum atomic E-state index is -0.701. The number of methoxy groups -OCH3 is 2. The third kappa shape index (κ3) is 9.46. The average Bonchev–Trinajstić information content (AvgIpc) is 4.00. The summed E-state index contributed by atoms with van der Waals surface area (Å²) in [5.41, 5.74) is 4.20. The lowest BCUT2D eigenvalue weighted by Crippen LogP contribution is -2.51. The zero-order chi connectivity index (χ0) is 40.8. The van der Waals surface area contributed by atoms with Crippen LogP contribution in [0.1, 0.15) is 88.4 Å². The Hall–Kier alpha value is -5.72. The minimum Gasteiger partial charge on any atom is -0.469 e. The molecule has 1 aromatic heterocycles. The Morgan fingerprint density at radius 2 is 1.49 bits per heavy atom. The van der Waals surface area contributed by atoms with Crippen LogP contribution in [0.15, 0.2) is 66.9 Å². The molecule has 4 aromatic rings. The summed E-state index contributed by atoms with van der Waals surface area (Å²) in [6, 6.07) is 18.6. The molecule has 0 spiro atoms. The summed E-state index contributed by atoms with van der Waals surface area (Å²) in [5.74, 6) is -0.930. The van der Waals surface area contributed by atoms with E-state index in [1.807, 2.05) is 58.0 Å². The number of alkyl carbamates (subject to hydrolysis) is 1. The van der Waals surface area contributed by atoms with E-state index in [1.54, 1.807) is 17.2 Å². The van der Waals surface area contributed by atoms with Crippen LogP contribution in [0.5, 0.6) is 0 Å². The summed E-state index contributed by atoms with van der Waals surface area (Å²) in [4.78, 5) is 74.1. The third-order valence-electron chi connectivity index (χ3n) is 11.4. The van der Waals surface area contributed by atoms with Crippen LogP contribution in [0.4, 0.5) is 4.79 Å². The number of amides is 4. The van der Waals surface area contributed by atoms with Gasteiger partial charge in [0.05, 0.1) is 44.5 Å². The van der Waals surface area contributed by atoms with Crippen LogP contribution >= 0.6 is 0 Å². The summed E-state index contributed by atoms with van der Waals surface area (Å²) in [6.07, 6.45) is 5.15. The highest BCUT2D eigenvalue weighted by Crippen LogP contribution is 2.34. The molecule has 1 aliphatic carbocycles. The average molecular weight is 779 g/mol. The van der Waals surface area contributed by atoms with E-state index < -0.39 is 24.0 Å². The molecule has 3 aromatic carbocycles. The molecule has 2 heterocycles. The molecule has 13 heteroatoms. The molecule has 6 rings (SSSR count). The van der Waals surface area contributed by atoms with Crippen molar-refractivity contribution in [1.82, 2.24) is 30.8 Å². The Balaban J connectivity index is 1.12. The number of aromatic nitrogens is 2. The lowest BCUT2D eigenvalue weighted by Gasteiger charge is -2.30. The van der Waals surface area contributed by atoms with E-state index in [-0.39, 0.29) is 54.1 Å². The summed E-state index contributed by atoms with van der Waals surface area (Å²) in [5, 5.41) is 11.0. The van der Waals surface area contributed by atoms with Crippen molar-refractivity contribution in [1.29, 1.82) is 0 Å². The number of nitrogens with one attached hydrogen (secondary N) is 4. The highest BCUT2D eigenvalue weighted by atomic mass is 16.5. The SMILES string of the molecule is COC(=O)C[C@H](C(=O)N[C@H]1CCC[C@@H]1NC(=O)c1cccc(-c2ccc3cc(-c4cnc([C@@H]5CCCN5C(=O)[C@@H](NC(=O)OC)C(C)C)[nH]4)ccc3c2)c1)C(C)C. The zero-order valence-corrected chi connectivity index (χ0v) is 33.6. The van der Waals surface area contributed by atoms with Gasteiger partial charge < -0.3 is 35.3 Å². The Morgan fingerprint density at radius 1 is 0.807 bits per heavy atom. The fourth-order valence-corrected chi connectivity index (χ4v) is 8.02. The van der Waals surface area contributed by atoms with Gasteiger partial charge in [0.15, 0.2) is 0 Å². The second-order valence-electron chi connectivity index (χ2n) is 15.8. The molecule has 4 amide bonds. The van der Waals surface area contributed by atoms with Gasteiger partial charge in [-0.15, -0.1) is 0 Å². The molecule has 302 valence electrons. The lowest BCUT2D eigenvalue weighted by molar-refractivity contribution is -0.145. The molecule has 5 atom stereocenters. The molecule has 0 bridgehead atoms. The van der Waals surface area contributed by atoms with Gasteiger partial charge in [-0.2, -0.15) is 0 Å². The van der Waals surface area contributed by atoms with Gasteiger partial charge in [-0.1, -0.05) is 64.1 Å². The van der Waals surface area contributed by atoms with Crippen LogP contribution in [-0.4, -0.2) is 83.5 Å². The summed E-state index contributed by atoms with van der Waals surface area (Å²) in [7, 11) is 2.60. The number of carbonyl (C=O) groups is 5. The first-order valence-corrected chi connectivity index (χ1v) is 19.9. The van der Waals surface area contributed by atoms with Crippen molar-refractivity contribution in [2.75, 3.05) is 20.8 Å². The van der Waals surface area contributed by atoms with E-state index in [0.29, 0.717) is 17.9 Å². The smallest absolute Gasteiger partial charge is 0.407 e. The molecule has 13 nitrogen and oxygen atoms in total. The maximum Gasteiger partial charge on any atom is 0.407 e. The van der Waals surface area contributed by atoms with Crippen molar-refractivity contribution < 1.29 is 33.4 Å². The van der Waals surface area contributed by atoms with E-state index in [1.165, 1.54) is 14.2 Å². The number of aromatic amines is 1. The van der Waals surface area contributed by atoms with E-state index in [2.05, 4.69) is 45.2 Å². The van der Waals surface area contributed by atoms with Gasteiger partial charge in [0, 0.05) is 29.8 Å². The van der Waals surface area contributed by atoms with Crippen molar-refractivity contribution in [3.05, 3.63) is 78.2 Å². The van der Waals surface area contributed by atoms with Crippen molar-refractivity contribution in [3.63, 3.8) is 0 Å². The molecule has 0 unspecified atom stereocenters. The van der Waals surface area contributed by atoms with Crippen molar-refractivity contribution in [2.45, 2.75) is 90.4 Å². The number of likely N-dealkylation sites (tertiary alicyclic amines) is 1. The molecule has 1 saturated heterocycles. The Labute approximate surface area is 333 Å². The first-order chi connectivity index (χ1) is 27.4. The predicted octanol–water partition coefficient (Wildman–Crippen LogP) is 6.54. The molecule has 2 fully saturated rings. The lowest BCUT2D eigenvalue weighted by atomic mass is 9.91. The second kappa shape index (κ2) is 18.0. The number of fused-ring (bicyclic) bond motifs is 1. The molecule has 1 saturated carbocycles. The number of H-pyrrole nitrogens is 1. The second-order valence-corrected chi connectivity index (χ2v) is 15.8.